The summed E-state index contributed by atoms with van der Waals surface area (Å²) in [4.78, 5) is 12.3. The van der Waals surface area contributed by atoms with E-state index in [1.807, 2.05) is 6.07 Å². The summed E-state index contributed by atoms with van der Waals surface area (Å²) in [5, 5.41) is 0. The van der Waals surface area contributed by atoms with Gasteiger partial charge in [0, 0.05) is 17.7 Å². The van der Waals surface area contributed by atoms with Crippen LogP contribution in [0, 0.1) is 5.92 Å². The van der Waals surface area contributed by atoms with Crippen LogP contribution in [0.3, 0.4) is 0 Å². The molecule has 1 aromatic heterocycles. The lowest BCUT2D eigenvalue weighted by Crippen LogP contribution is -1.98. The van der Waals surface area contributed by atoms with Gasteiger partial charge in [0.1, 0.15) is 5.78 Å². The first-order valence-corrected chi connectivity index (χ1v) is 5.69. The Labute approximate surface area is 86.7 Å². The lowest BCUT2D eigenvalue weighted by Gasteiger charge is -2.04. The van der Waals surface area contributed by atoms with Crippen LogP contribution in [0.4, 0.5) is 0 Å². The fourth-order valence-electron chi connectivity index (χ4n) is 1.81. The molecule has 13 heavy (non-hydrogen) atoms. The molecule has 1 aliphatic rings. The molecule has 0 saturated heterocycles. The van der Waals surface area contributed by atoms with Crippen molar-refractivity contribution in [1.29, 1.82) is 0 Å². The van der Waals surface area contributed by atoms with Crippen molar-refractivity contribution in [2.75, 3.05) is 0 Å². The number of carbonyl (C=O) groups excluding carboxylic acids is 1. The number of ketones is 1. The highest BCUT2D eigenvalue weighted by Gasteiger charge is 2.22. The summed E-state index contributed by atoms with van der Waals surface area (Å²) in [7, 11) is 0. The van der Waals surface area contributed by atoms with Gasteiger partial charge in [-0.1, -0.05) is 11.6 Å². The first-order chi connectivity index (χ1) is 6.24. The van der Waals surface area contributed by atoms with Crippen LogP contribution in [0.15, 0.2) is 12.1 Å². The summed E-state index contributed by atoms with van der Waals surface area (Å²) in [5.41, 5.74) is 0. The molecule has 1 unspecified atom stereocenters. The highest BCUT2D eigenvalue weighted by atomic mass is 35.5. The first-order valence-electron chi connectivity index (χ1n) is 4.50. The Bertz CT molecular complexity index is 318. The minimum Gasteiger partial charge on any atom is -0.300 e. The Hall–Kier alpha value is -0.340. The molecule has 0 bridgehead atoms. The second kappa shape index (κ2) is 3.81. The molecule has 1 fully saturated rings. The van der Waals surface area contributed by atoms with E-state index in [0.29, 0.717) is 11.7 Å². The quantitative estimate of drug-likeness (QED) is 0.738. The molecule has 0 radical (unpaired) electrons. The smallest absolute Gasteiger partial charge is 0.133 e. The van der Waals surface area contributed by atoms with Crippen molar-refractivity contribution in [3.8, 4) is 0 Å². The van der Waals surface area contributed by atoms with E-state index in [1.165, 1.54) is 4.88 Å². The maximum atomic E-state index is 11.0. The van der Waals surface area contributed by atoms with E-state index in [1.54, 1.807) is 11.3 Å². The molecule has 0 amide bonds. The predicted octanol–water partition coefficient (Wildman–Crippen LogP) is 3.31. The Morgan fingerprint density at radius 2 is 2.38 bits per heavy atom. The van der Waals surface area contributed by atoms with Gasteiger partial charge in [-0.2, -0.15) is 0 Å². The van der Waals surface area contributed by atoms with E-state index in [9.17, 15) is 4.79 Å². The van der Waals surface area contributed by atoms with Crippen molar-refractivity contribution in [2.24, 2.45) is 5.92 Å². The van der Waals surface area contributed by atoms with Crippen LogP contribution in [-0.4, -0.2) is 5.78 Å². The molecule has 0 N–H and O–H groups in total. The van der Waals surface area contributed by atoms with Gasteiger partial charge in [0.2, 0.25) is 0 Å². The van der Waals surface area contributed by atoms with E-state index in [2.05, 4.69) is 6.07 Å². The third-order valence-corrected chi connectivity index (χ3v) is 3.72. The monoisotopic (exact) mass is 214 g/mol. The Morgan fingerprint density at radius 1 is 1.54 bits per heavy atom. The average molecular weight is 215 g/mol. The van der Waals surface area contributed by atoms with E-state index in [-0.39, 0.29) is 0 Å². The number of thiophene rings is 1. The number of hydrogen-bond donors (Lipinski definition) is 0. The molecule has 1 nitrogen and oxygen atoms in total. The summed E-state index contributed by atoms with van der Waals surface area (Å²) in [6.45, 7) is 0. The maximum Gasteiger partial charge on any atom is 0.133 e. The number of carbonyl (C=O) groups is 1. The third kappa shape index (κ3) is 2.32. The molecule has 3 heteroatoms. The van der Waals surface area contributed by atoms with Gasteiger partial charge in [0.15, 0.2) is 0 Å². The molecular formula is C10H11ClOS. The summed E-state index contributed by atoms with van der Waals surface area (Å²) in [6, 6.07) is 3.99. The van der Waals surface area contributed by atoms with Crippen molar-refractivity contribution in [3.63, 3.8) is 0 Å². The van der Waals surface area contributed by atoms with Crippen molar-refractivity contribution in [1.82, 2.24) is 0 Å². The molecule has 2 rings (SSSR count). The van der Waals surface area contributed by atoms with Gasteiger partial charge in [-0.25, -0.2) is 0 Å². The number of halogens is 1. The van der Waals surface area contributed by atoms with Crippen molar-refractivity contribution < 1.29 is 4.79 Å². The van der Waals surface area contributed by atoms with Crippen LogP contribution in [0.25, 0.3) is 0 Å². The molecule has 70 valence electrons. The standard InChI is InChI=1S/C10H11ClOS/c11-10-4-3-9(13-10)6-7-1-2-8(12)5-7/h3-4,7H,1-2,5-6H2. The zero-order valence-electron chi connectivity index (χ0n) is 7.25. The summed E-state index contributed by atoms with van der Waals surface area (Å²) in [6.07, 6.45) is 3.65. The summed E-state index contributed by atoms with van der Waals surface area (Å²) < 4.78 is 0.847. The van der Waals surface area contributed by atoms with Gasteiger partial charge in [-0.3, -0.25) is 4.79 Å². The van der Waals surface area contributed by atoms with Gasteiger partial charge >= 0.3 is 0 Å². The molecule has 0 spiro atoms. The van der Waals surface area contributed by atoms with Crippen LogP contribution >= 0.6 is 22.9 Å². The lowest BCUT2D eigenvalue weighted by atomic mass is 10.0. The summed E-state index contributed by atoms with van der Waals surface area (Å²) >= 11 is 7.46. The SMILES string of the molecule is O=C1CCC(Cc2ccc(Cl)s2)C1. The molecule has 1 atom stereocenters. The van der Waals surface area contributed by atoms with Gasteiger partial charge in [0.25, 0.3) is 0 Å². The topological polar surface area (TPSA) is 17.1 Å². The predicted molar refractivity (Wildman–Crippen MR) is 55.4 cm³/mol. The van der Waals surface area contributed by atoms with Crippen LogP contribution < -0.4 is 0 Å². The fraction of sp³-hybridized carbons (Fsp3) is 0.500. The largest absolute Gasteiger partial charge is 0.300 e. The van der Waals surface area contributed by atoms with Crippen LogP contribution in [-0.2, 0) is 11.2 Å². The zero-order valence-corrected chi connectivity index (χ0v) is 8.83. The van der Waals surface area contributed by atoms with Gasteiger partial charge in [-0.15, -0.1) is 11.3 Å². The Morgan fingerprint density at radius 3 is 2.92 bits per heavy atom. The third-order valence-electron chi connectivity index (χ3n) is 2.47. The van der Waals surface area contributed by atoms with Gasteiger partial charge < -0.3 is 0 Å². The Kier molecular flexibility index (Phi) is 2.70. The normalized spacial score (nSPS) is 22.5. The minimum atomic E-state index is 0.424. The second-order valence-electron chi connectivity index (χ2n) is 3.56. The number of Topliss-reactive ketones (excluding diaryl/α,β-unsaturated/α-hetero) is 1. The van der Waals surface area contributed by atoms with E-state index in [0.717, 1.165) is 30.0 Å². The molecule has 1 aromatic rings. The highest BCUT2D eigenvalue weighted by Crippen LogP contribution is 2.29. The maximum absolute atomic E-state index is 11.0. The van der Waals surface area contributed by atoms with Crippen molar-refractivity contribution in [3.05, 3.63) is 21.3 Å². The van der Waals surface area contributed by atoms with Crippen LogP contribution in [0.2, 0.25) is 4.34 Å². The zero-order chi connectivity index (χ0) is 9.26. The van der Waals surface area contributed by atoms with E-state index in [4.69, 9.17) is 11.6 Å². The van der Waals surface area contributed by atoms with Gasteiger partial charge in [0.05, 0.1) is 4.34 Å². The first kappa shape index (κ1) is 9.22. The molecule has 1 saturated carbocycles. The molecule has 1 aliphatic carbocycles. The average Bonchev–Trinajstić information content (AvgIpc) is 2.62. The van der Waals surface area contributed by atoms with Crippen molar-refractivity contribution >= 4 is 28.7 Å². The second-order valence-corrected chi connectivity index (χ2v) is 5.36. The Balaban J connectivity index is 1.95. The number of rotatable bonds is 2. The number of hydrogen-bond acceptors (Lipinski definition) is 2. The molecule has 1 heterocycles. The fourth-order valence-corrected chi connectivity index (χ4v) is 3.01. The van der Waals surface area contributed by atoms with E-state index >= 15 is 0 Å². The molecule has 0 aromatic carbocycles. The van der Waals surface area contributed by atoms with E-state index < -0.39 is 0 Å². The highest BCUT2D eigenvalue weighted by molar-refractivity contribution is 7.16. The molecule has 0 aliphatic heterocycles. The van der Waals surface area contributed by atoms with Gasteiger partial charge in [-0.05, 0) is 30.9 Å². The van der Waals surface area contributed by atoms with Crippen molar-refractivity contribution in [2.45, 2.75) is 25.7 Å². The minimum absolute atomic E-state index is 0.424. The van der Waals surface area contributed by atoms with Crippen LogP contribution in [0.1, 0.15) is 24.1 Å². The lowest BCUT2D eigenvalue weighted by molar-refractivity contribution is -0.117. The van der Waals surface area contributed by atoms with Crippen LogP contribution in [0.5, 0.6) is 0 Å². The summed E-state index contributed by atoms with van der Waals surface area (Å²) in [5.74, 6) is 0.995. The molecular weight excluding hydrogens is 204 g/mol.